The lowest BCUT2D eigenvalue weighted by molar-refractivity contribution is 0.129. The maximum absolute atomic E-state index is 5.73. The first kappa shape index (κ1) is 20.6. The third-order valence-electron chi connectivity index (χ3n) is 5.93. The van der Waals surface area contributed by atoms with E-state index < -0.39 is 0 Å². The molecule has 0 radical (unpaired) electrons. The fraction of sp³-hybridized carbons (Fsp3) is 0.565. The number of likely N-dealkylation sites (tertiary alicyclic amines) is 1. The zero-order chi connectivity index (χ0) is 20.1. The standard InChI is InChI=1S/C23H32N4OS/c1-18(15-19-7-4-3-5-8-19)16-27-12-10-20(11-13-27)22-24-25-23(26(22)2)29-17-21-9-6-14-28-21/h3-5,7-8,15,20-21H,6,9-14,16-17H2,1-2H3/b18-15+/t21-/m1/s1. The second kappa shape index (κ2) is 9.92. The zero-order valence-corrected chi connectivity index (χ0v) is 18.4. The summed E-state index contributed by atoms with van der Waals surface area (Å²) in [5.41, 5.74) is 2.70. The lowest BCUT2D eigenvalue weighted by Crippen LogP contribution is -2.34. The Kier molecular flexibility index (Phi) is 7.06. The van der Waals surface area contributed by atoms with Gasteiger partial charge in [0.15, 0.2) is 5.16 Å². The fourth-order valence-electron chi connectivity index (χ4n) is 4.33. The summed E-state index contributed by atoms with van der Waals surface area (Å²) in [5, 5.41) is 10.0. The Bertz CT molecular complexity index is 806. The molecule has 0 N–H and O–H groups in total. The van der Waals surface area contributed by atoms with Gasteiger partial charge in [-0.1, -0.05) is 53.7 Å². The zero-order valence-electron chi connectivity index (χ0n) is 17.6. The second-order valence-corrected chi connectivity index (χ2v) is 9.28. The molecule has 2 aliphatic rings. The van der Waals surface area contributed by atoms with Crippen LogP contribution < -0.4 is 0 Å². The molecule has 2 fully saturated rings. The molecule has 0 unspecified atom stereocenters. The van der Waals surface area contributed by atoms with E-state index in [1.807, 2.05) is 0 Å². The lowest BCUT2D eigenvalue weighted by atomic mass is 9.95. The monoisotopic (exact) mass is 412 g/mol. The number of nitrogens with zero attached hydrogens (tertiary/aromatic N) is 4. The van der Waals surface area contributed by atoms with Crippen LogP contribution in [0.2, 0.25) is 0 Å². The van der Waals surface area contributed by atoms with Crippen LogP contribution in [0.5, 0.6) is 0 Å². The number of ether oxygens (including phenoxy) is 1. The summed E-state index contributed by atoms with van der Waals surface area (Å²) in [4.78, 5) is 2.56. The van der Waals surface area contributed by atoms with E-state index in [0.29, 0.717) is 12.0 Å². The van der Waals surface area contributed by atoms with Gasteiger partial charge in [-0.25, -0.2) is 0 Å². The quantitative estimate of drug-likeness (QED) is 0.632. The Balaban J connectivity index is 1.27. The minimum absolute atomic E-state index is 0.385. The molecule has 29 heavy (non-hydrogen) atoms. The van der Waals surface area contributed by atoms with Gasteiger partial charge in [0.25, 0.3) is 0 Å². The van der Waals surface area contributed by atoms with Crippen molar-refractivity contribution < 1.29 is 4.74 Å². The van der Waals surface area contributed by atoms with E-state index in [1.165, 1.54) is 24.0 Å². The Hall–Kier alpha value is -1.63. The molecular weight excluding hydrogens is 380 g/mol. The van der Waals surface area contributed by atoms with Crippen molar-refractivity contribution in [2.75, 3.05) is 32.0 Å². The Morgan fingerprint density at radius 3 is 2.69 bits per heavy atom. The van der Waals surface area contributed by atoms with Gasteiger partial charge in [0.1, 0.15) is 5.82 Å². The first-order chi connectivity index (χ1) is 14.2. The van der Waals surface area contributed by atoms with Gasteiger partial charge in [0.05, 0.1) is 6.10 Å². The number of hydrogen-bond acceptors (Lipinski definition) is 5. The smallest absolute Gasteiger partial charge is 0.191 e. The Labute approximate surface area is 178 Å². The molecule has 6 heteroatoms. The van der Waals surface area contributed by atoms with Crippen molar-refractivity contribution in [3.05, 3.63) is 47.3 Å². The minimum Gasteiger partial charge on any atom is -0.377 e. The molecule has 1 aromatic heterocycles. The van der Waals surface area contributed by atoms with Crippen molar-refractivity contribution >= 4 is 17.8 Å². The SMILES string of the molecule is C/C(=C\c1ccccc1)CN1CCC(c2nnc(SC[C@H]3CCCO3)n2C)CC1. The molecule has 5 nitrogen and oxygen atoms in total. The molecule has 0 bridgehead atoms. The second-order valence-electron chi connectivity index (χ2n) is 8.30. The molecule has 4 rings (SSSR count). The number of aromatic nitrogens is 3. The highest BCUT2D eigenvalue weighted by Gasteiger charge is 2.26. The van der Waals surface area contributed by atoms with Crippen LogP contribution in [0.4, 0.5) is 0 Å². The molecule has 1 atom stereocenters. The Morgan fingerprint density at radius 1 is 1.17 bits per heavy atom. The normalized spacial score (nSPS) is 21.7. The first-order valence-corrected chi connectivity index (χ1v) is 11.8. The molecular formula is C23H32N4OS. The topological polar surface area (TPSA) is 43.2 Å². The molecule has 3 heterocycles. The van der Waals surface area contributed by atoms with Crippen LogP contribution in [0, 0.1) is 0 Å². The van der Waals surface area contributed by atoms with E-state index in [0.717, 1.165) is 55.8 Å². The van der Waals surface area contributed by atoms with Gasteiger partial charge in [0, 0.05) is 31.9 Å². The molecule has 0 amide bonds. The number of hydrogen-bond donors (Lipinski definition) is 0. The maximum Gasteiger partial charge on any atom is 0.191 e. The average Bonchev–Trinajstić information content (AvgIpc) is 3.37. The Morgan fingerprint density at radius 2 is 1.97 bits per heavy atom. The van der Waals surface area contributed by atoms with Crippen LogP contribution in [0.25, 0.3) is 6.08 Å². The van der Waals surface area contributed by atoms with Gasteiger partial charge in [-0.3, -0.25) is 4.90 Å². The average molecular weight is 413 g/mol. The van der Waals surface area contributed by atoms with Gasteiger partial charge < -0.3 is 9.30 Å². The highest BCUT2D eigenvalue weighted by atomic mass is 32.2. The molecule has 2 saturated heterocycles. The van der Waals surface area contributed by atoms with E-state index in [1.54, 1.807) is 11.8 Å². The van der Waals surface area contributed by atoms with E-state index >= 15 is 0 Å². The van der Waals surface area contributed by atoms with Crippen molar-refractivity contribution in [1.82, 2.24) is 19.7 Å². The molecule has 2 aromatic rings. The maximum atomic E-state index is 5.73. The number of benzene rings is 1. The summed E-state index contributed by atoms with van der Waals surface area (Å²) in [7, 11) is 2.12. The van der Waals surface area contributed by atoms with Crippen LogP contribution >= 0.6 is 11.8 Å². The summed E-state index contributed by atoms with van der Waals surface area (Å²) in [6.07, 6.45) is 7.35. The van der Waals surface area contributed by atoms with E-state index in [4.69, 9.17) is 4.74 Å². The molecule has 0 aliphatic carbocycles. The summed E-state index contributed by atoms with van der Waals surface area (Å²) in [6.45, 7) is 6.43. The van der Waals surface area contributed by atoms with E-state index in [-0.39, 0.29) is 0 Å². The van der Waals surface area contributed by atoms with E-state index in [9.17, 15) is 0 Å². The largest absolute Gasteiger partial charge is 0.377 e. The van der Waals surface area contributed by atoms with Crippen LogP contribution in [0.3, 0.4) is 0 Å². The van der Waals surface area contributed by atoms with E-state index in [2.05, 4.69) is 70.0 Å². The van der Waals surface area contributed by atoms with Gasteiger partial charge in [-0.2, -0.15) is 0 Å². The van der Waals surface area contributed by atoms with Crippen LogP contribution in [-0.4, -0.2) is 57.8 Å². The summed E-state index contributed by atoms with van der Waals surface area (Å²) < 4.78 is 7.94. The van der Waals surface area contributed by atoms with Gasteiger partial charge in [-0.05, 0) is 51.3 Å². The van der Waals surface area contributed by atoms with Gasteiger partial charge >= 0.3 is 0 Å². The van der Waals surface area contributed by atoms with Gasteiger partial charge in [-0.15, -0.1) is 10.2 Å². The predicted octanol–water partition coefficient (Wildman–Crippen LogP) is 4.37. The van der Waals surface area contributed by atoms with Gasteiger partial charge in [0.2, 0.25) is 0 Å². The highest BCUT2D eigenvalue weighted by molar-refractivity contribution is 7.99. The third-order valence-corrected chi connectivity index (χ3v) is 7.08. The van der Waals surface area contributed by atoms with Crippen molar-refractivity contribution in [2.24, 2.45) is 7.05 Å². The molecule has 2 aliphatic heterocycles. The van der Waals surface area contributed by atoms with Crippen LogP contribution in [0.1, 0.15) is 49.9 Å². The van der Waals surface area contributed by atoms with Crippen molar-refractivity contribution in [2.45, 2.75) is 49.8 Å². The van der Waals surface area contributed by atoms with Crippen molar-refractivity contribution in [3.8, 4) is 0 Å². The van der Waals surface area contributed by atoms with Crippen molar-refractivity contribution in [1.29, 1.82) is 0 Å². The van der Waals surface area contributed by atoms with Crippen LogP contribution in [-0.2, 0) is 11.8 Å². The first-order valence-electron chi connectivity index (χ1n) is 10.8. The molecule has 0 spiro atoms. The molecule has 1 aromatic carbocycles. The predicted molar refractivity (Wildman–Crippen MR) is 119 cm³/mol. The number of piperidine rings is 1. The molecule has 156 valence electrons. The lowest BCUT2D eigenvalue weighted by Gasteiger charge is -2.31. The fourth-order valence-corrected chi connectivity index (χ4v) is 5.32. The highest BCUT2D eigenvalue weighted by Crippen LogP contribution is 2.30. The summed E-state index contributed by atoms with van der Waals surface area (Å²) in [6, 6.07) is 10.6. The molecule has 0 saturated carbocycles. The van der Waals surface area contributed by atoms with Crippen LogP contribution in [0.15, 0.2) is 41.1 Å². The summed E-state index contributed by atoms with van der Waals surface area (Å²) >= 11 is 1.79. The number of rotatable bonds is 7. The summed E-state index contributed by atoms with van der Waals surface area (Å²) in [5.74, 6) is 2.65. The minimum atomic E-state index is 0.385. The number of thioether (sulfide) groups is 1. The third kappa shape index (κ3) is 5.50. The van der Waals surface area contributed by atoms with Crippen molar-refractivity contribution in [3.63, 3.8) is 0 Å².